The Morgan fingerprint density at radius 1 is 1.32 bits per heavy atom. The molecule has 0 radical (unpaired) electrons. The Balaban J connectivity index is 1.97. The number of nitrogens with one attached hydrogen (secondary N) is 1. The van der Waals surface area contributed by atoms with Crippen LogP contribution in [0, 0.1) is 0 Å². The molecule has 1 N–H and O–H groups in total. The number of sulfonamides is 1. The first kappa shape index (κ1) is 19.5. The van der Waals surface area contributed by atoms with E-state index in [-0.39, 0.29) is 17.6 Å². The Bertz CT molecular complexity index is 786. The van der Waals surface area contributed by atoms with Crippen molar-refractivity contribution in [3.8, 4) is 5.75 Å². The number of carbonyl (C=O) groups is 1. The van der Waals surface area contributed by atoms with Crippen molar-refractivity contribution in [1.82, 2.24) is 9.62 Å². The molecule has 1 aromatic heterocycles. The van der Waals surface area contributed by atoms with Gasteiger partial charge in [-0.2, -0.15) is 0 Å². The second-order valence-electron chi connectivity index (χ2n) is 6.94. The largest absolute Gasteiger partial charge is 0.490 e. The molecular formula is C16H24N2O6S. The maximum absolute atomic E-state index is 12.4. The molecule has 25 heavy (non-hydrogen) atoms. The average molecular weight is 372 g/mol. The topological polar surface area (TPSA) is 106 Å². The lowest BCUT2D eigenvalue weighted by Crippen LogP contribution is -2.50. The van der Waals surface area contributed by atoms with E-state index in [1.54, 1.807) is 20.8 Å². The molecule has 140 valence electrons. The van der Waals surface area contributed by atoms with Crippen molar-refractivity contribution in [2.45, 2.75) is 44.4 Å². The van der Waals surface area contributed by atoms with Crippen molar-refractivity contribution in [1.29, 1.82) is 0 Å². The minimum absolute atomic E-state index is 0.0252. The van der Waals surface area contributed by atoms with Crippen molar-refractivity contribution in [2.75, 3.05) is 20.2 Å². The van der Waals surface area contributed by atoms with Gasteiger partial charge in [0.1, 0.15) is 6.26 Å². The summed E-state index contributed by atoms with van der Waals surface area (Å²) in [6, 6.07) is 0.902. The third kappa shape index (κ3) is 4.21. The maximum atomic E-state index is 12.4. The molecule has 0 spiro atoms. The predicted octanol–water partition coefficient (Wildman–Crippen LogP) is 0.971. The SMILES string of the molecule is COc1coc(C(=O)NC2CCN(S(=O)(=O)C(C)(C)C)CC2)cc1=O. The van der Waals surface area contributed by atoms with Crippen LogP contribution in [-0.2, 0) is 10.0 Å². The quantitative estimate of drug-likeness (QED) is 0.844. The molecule has 1 saturated heterocycles. The number of hydrogen-bond acceptors (Lipinski definition) is 6. The lowest BCUT2D eigenvalue weighted by atomic mass is 10.1. The molecule has 0 aromatic carbocycles. The number of ether oxygens (including phenoxy) is 1. The van der Waals surface area contributed by atoms with Gasteiger partial charge >= 0.3 is 0 Å². The Hall–Kier alpha value is -1.87. The number of rotatable bonds is 4. The van der Waals surface area contributed by atoms with Gasteiger partial charge in [-0.1, -0.05) is 0 Å². The highest BCUT2D eigenvalue weighted by atomic mass is 32.2. The van der Waals surface area contributed by atoms with Crippen molar-refractivity contribution >= 4 is 15.9 Å². The molecule has 0 unspecified atom stereocenters. The Morgan fingerprint density at radius 2 is 1.92 bits per heavy atom. The van der Waals surface area contributed by atoms with Crippen LogP contribution in [0.2, 0.25) is 0 Å². The molecule has 0 aliphatic carbocycles. The molecule has 0 atom stereocenters. The lowest BCUT2D eigenvalue weighted by molar-refractivity contribution is 0.0892. The van der Waals surface area contributed by atoms with Gasteiger partial charge in [-0.15, -0.1) is 0 Å². The summed E-state index contributed by atoms with van der Waals surface area (Å²) in [5.74, 6) is -0.579. The van der Waals surface area contributed by atoms with Gasteiger partial charge in [-0.05, 0) is 33.6 Å². The third-order valence-electron chi connectivity index (χ3n) is 4.14. The Morgan fingerprint density at radius 3 is 2.40 bits per heavy atom. The summed E-state index contributed by atoms with van der Waals surface area (Å²) in [5, 5.41) is 2.78. The fraction of sp³-hybridized carbons (Fsp3) is 0.625. The molecule has 0 saturated carbocycles. The zero-order valence-corrected chi connectivity index (χ0v) is 15.7. The van der Waals surface area contributed by atoms with E-state index >= 15 is 0 Å². The zero-order chi connectivity index (χ0) is 18.8. The highest BCUT2D eigenvalue weighted by Gasteiger charge is 2.37. The zero-order valence-electron chi connectivity index (χ0n) is 14.9. The number of methoxy groups -OCH3 is 1. The predicted molar refractivity (Wildman–Crippen MR) is 92.3 cm³/mol. The number of nitrogens with zero attached hydrogens (tertiary/aromatic N) is 1. The molecular weight excluding hydrogens is 348 g/mol. The fourth-order valence-electron chi connectivity index (χ4n) is 2.55. The smallest absolute Gasteiger partial charge is 0.287 e. The number of amides is 1. The number of carbonyl (C=O) groups excluding carboxylic acids is 1. The van der Waals surface area contributed by atoms with Crippen molar-refractivity contribution < 1.29 is 22.4 Å². The third-order valence-corrected chi connectivity index (χ3v) is 6.74. The van der Waals surface area contributed by atoms with Crippen LogP contribution < -0.4 is 15.5 Å². The minimum atomic E-state index is -3.37. The summed E-state index contributed by atoms with van der Waals surface area (Å²) in [7, 11) is -2.03. The summed E-state index contributed by atoms with van der Waals surface area (Å²) in [4.78, 5) is 23.9. The Kier molecular flexibility index (Phi) is 5.58. The van der Waals surface area contributed by atoms with E-state index in [0.29, 0.717) is 25.9 Å². The van der Waals surface area contributed by atoms with Gasteiger partial charge < -0.3 is 14.5 Å². The second-order valence-corrected chi connectivity index (χ2v) is 9.63. The first-order valence-electron chi connectivity index (χ1n) is 8.03. The van der Waals surface area contributed by atoms with Crippen LogP contribution in [0.25, 0.3) is 0 Å². The first-order valence-corrected chi connectivity index (χ1v) is 9.47. The van der Waals surface area contributed by atoms with E-state index in [1.165, 1.54) is 11.4 Å². The molecule has 1 fully saturated rings. The highest BCUT2D eigenvalue weighted by molar-refractivity contribution is 7.90. The van der Waals surface area contributed by atoms with Crippen LogP contribution in [0.5, 0.6) is 5.75 Å². The molecule has 1 aromatic rings. The van der Waals surface area contributed by atoms with Crippen molar-refractivity contribution in [2.24, 2.45) is 0 Å². The molecule has 9 heteroatoms. The van der Waals surface area contributed by atoms with Crippen LogP contribution >= 0.6 is 0 Å². The maximum Gasteiger partial charge on any atom is 0.287 e. The standard InChI is InChI=1S/C16H24N2O6S/c1-16(2,3)25(21,22)18-7-5-11(6-8-18)17-15(20)13-9-12(19)14(23-4)10-24-13/h9-11H,5-8H2,1-4H3,(H,17,20). The van der Waals surface area contributed by atoms with Crippen LogP contribution in [0.1, 0.15) is 44.2 Å². The van der Waals surface area contributed by atoms with Crippen LogP contribution in [-0.4, -0.2) is 49.6 Å². The highest BCUT2D eigenvalue weighted by Crippen LogP contribution is 2.24. The van der Waals surface area contributed by atoms with Gasteiger partial charge in [0.15, 0.2) is 5.76 Å². The Labute approximate surface area is 147 Å². The monoisotopic (exact) mass is 372 g/mol. The summed E-state index contributed by atoms with van der Waals surface area (Å²) in [6.45, 7) is 5.69. The molecule has 2 heterocycles. The van der Waals surface area contributed by atoms with Gasteiger partial charge in [0.2, 0.25) is 21.2 Å². The number of hydrogen-bond donors (Lipinski definition) is 1. The second kappa shape index (κ2) is 7.17. The minimum Gasteiger partial charge on any atom is -0.490 e. The van der Waals surface area contributed by atoms with Crippen LogP contribution in [0.4, 0.5) is 0 Å². The van der Waals surface area contributed by atoms with E-state index in [9.17, 15) is 18.0 Å². The van der Waals surface area contributed by atoms with Crippen LogP contribution in [0.15, 0.2) is 21.5 Å². The van der Waals surface area contributed by atoms with Crippen LogP contribution in [0.3, 0.4) is 0 Å². The van der Waals surface area contributed by atoms with Gasteiger partial charge in [-0.25, -0.2) is 12.7 Å². The van der Waals surface area contributed by atoms with E-state index in [4.69, 9.17) is 9.15 Å². The number of piperidine rings is 1. The molecule has 1 aliphatic heterocycles. The van der Waals surface area contributed by atoms with Crippen molar-refractivity contribution in [3.63, 3.8) is 0 Å². The average Bonchev–Trinajstić information content (AvgIpc) is 2.54. The van der Waals surface area contributed by atoms with Crippen molar-refractivity contribution in [3.05, 3.63) is 28.3 Å². The molecule has 2 rings (SSSR count). The van der Waals surface area contributed by atoms with E-state index in [2.05, 4.69) is 5.32 Å². The van der Waals surface area contributed by atoms with E-state index in [0.717, 1.165) is 12.3 Å². The normalized spacial score (nSPS) is 17.3. The van der Waals surface area contributed by atoms with Gasteiger partial charge in [0.05, 0.1) is 11.9 Å². The van der Waals surface area contributed by atoms with Gasteiger partial charge in [0, 0.05) is 25.2 Å². The summed E-state index contributed by atoms with van der Waals surface area (Å²) in [6.07, 6.45) is 2.10. The van der Waals surface area contributed by atoms with E-state index < -0.39 is 26.1 Å². The summed E-state index contributed by atoms with van der Waals surface area (Å²) >= 11 is 0. The molecule has 1 aliphatic rings. The van der Waals surface area contributed by atoms with Gasteiger partial charge in [0.25, 0.3) is 5.91 Å². The molecule has 1 amide bonds. The lowest BCUT2D eigenvalue weighted by Gasteiger charge is -2.35. The molecule has 8 nitrogen and oxygen atoms in total. The fourth-order valence-corrected chi connectivity index (χ4v) is 4.02. The summed E-state index contributed by atoms with van der Waals surface area (Å²) in [5.41, 5.74) is -0.440. The summed E-state index contributed by atoms with van der Waals surface area (Å²) < 4.78 is 35.4. The van der Waals surface area contributed by atoms with Gasteiger partial charge in [-0.3, -0.25) is 9.59 Å². The first-order chi connectivity index (χ1) is 11.6. The van der Waals surface area contributed by atoms with E-state index in [1.807, 2.05) is 0 Å². The molecule has 0 bridgehead atoms.